The minimum absolute atomic E-state index is 0.655. The molecule has 2 nitrogen and oxygen atoms in total. The molecule has 1 aromatic rings. The highest BCUT2D eigenvalue weighted by Crippen LogP contribution is 2.10. The molecule has 0 aliphatic heterocycles. The van der Waals surface area contributed by atoms with Gasteiger partial charge in [-0.2, -0.15) is 0 Å². The molecule has 1 aromatic carbocycles. The first-order valence-electron chi connectivity index (χ1n) is 4.68. The maximum Gasteiger partial charge on any atom is 0.118 e. The van der Waals surface area contributed by atoms with Crippen molar-refractivity contribution in [3.05, 3.63) is 29.8 Å². The molecule has 0 spiro atoms. The molecule has 2 heteroatoms. The highest BCUT2D eigenvalue weighted by atomic mass is 16.5. The Balaban J connectivity index is 2.49. The number of hydrogen-bond acceptors (Lipinski definition) is 1. The van der Waals surface area contributed by atoms with Gasteiger partial charge in [0.05, 0.1) is 13.2 Å². The largest absolute Gasteiger partial charge is 0.497 e. The van der Waals surface area contributed by atoms with Crippen molar-refractivity contribution in [1.29, 1.82) is 0 Å². The predicted molar refractivity (Wildman–Crippen MR) is 53.8 cm³/mol. The van der Waals surface area contributed by atoms with Crippen molar-refractivity contribution < 1.29 is 10.1 Å². The highest BCUT2D eigenvalue weighted by molar-refractivity contribution is 5.26. The average molecular weight is 180 g/mol. The first kappa shape index (κ1) is 10.1. The summed E-state index contributed by atoms with van der Waals surface area (Å²) in [6, 6.07) is 8.88. The number of nitrogens with two attached hydrogens (primary N) is 1. The van der Waals surface area contributed by atoms with E-state index >= 15 is 0 Å². The number of rotatable bonds is 4. The first-order valence-corrected chi connectivity index (χ1v) is 4.68. The molecule has 2 N–H and O–H groups in total. The van der Waals surface area contributed by atoms with Crippen LogP contribution in [0.15, 0.2) is 24.3 Å². The molecule has 0 aliphatic rings. The van der Waals surface area contributed by atoms with Crippen LogP contribution >= 0.6 is 0 Å². The second kappa shape index (κ2) is 4.87. The van der Waals surface area contributed by atoms with E-state index in [1.807, 2.05) is 12.1 Å². The van der Waals surface area contributed by atoms with Crippen LogP contribution in [0.3, 0.4) is 0 Å². The quantitative estimate of drug-likeness (QED) is 0.739. The lowest BCUT2D eigenvalue weighted by molar-refractivity contribution is -0.698. The molecular weight excluding hydrogens is 162 g/mol. The molecule has 0 unspecified atom stereocenters. The number of ether oxygens (including phenoxy) is 1. The first-order chi connectivity index (χ1) is 6.22. The van der Waals surface area contributed by atoms with Crippen LogP contribution in [-0.2, 0) is 6.54 Å². The van der Waals surface area contributed by atoms with E-state index in [0.717, 1.165) is 12.3 Å². The van der Waals surface area contributed by atoms with Crippen molar-refractivity contribution in [2.45, 2.75) is 26.4 Å². The van der Waals surface area contributed by atoms with Crippen LogP contribution in [0.1, 0.15) is 19.4 Å². The molecule has 1 rings (SSSR count). The Morgan fingerprint density at radius 3 is 2.31 bits per heavy atom. The number of benzene rings is 1. The standard InChI is InChI=1S/C11H17NO/c1-9(2)12-8-10-4-6-11(13-3)7-5-10/h4-7,9,12H,8H2,1-3H3/p+1. The summed E-state index contributed by atoms with van der Waals surface area (Å²) < 4.78 is 5.08. The molecule has 0 aromatic heterocycles. The van der Waals surface area contributed by atoms with Crippen LogP contribution < -0.4 is 10.1 Å². The van der Waals surface area contributed by atoms with Gasteiger partial charge < -0.3 is 10.1 Å². The SMILES string of the molecule is COc1ccc(C[NH2+]C(C)C)cc1. The Morgan fingerprint density at radius 2 is 1.85 bits per heavy atom. The Labute approximate surface area is 79.9 Å². The van der Waals surface area contributed by atoms with E-state index in [1.54, 1.807) is 7.11 Å². The summed E-state index contributed by atoms with van der Waals surface area (Å²) in [5, 5.41) is 2.31. The van der Waals surface area contributed by atoms with Crippen molar-refractivity contribution in [3.63, 3.8) is 0 Å². The van der Waals surface area contributed by atoms with Crippen LogP contribution in [0.2, 0.25) is 0 Å². The van der Waals surface area contributed by atoms with Crippen LogP contribution in [-0.4, -0.2) is 13.2 Å². The van der Waals surface area contributed by atoms with Crippen molar-refractivity contribution in [2.75, 3.05) is 7.11 Å². The second-order valence-corrected chi connectivity index (χ2v) is 3.53. The lowest BCUT2D eigenvalue weighted by Crippen LogP contribution is -2.86. The zero-order valence-electron chi connectivity index (χ0n) is 8.58. The van der Waals surface area contributed by atoms with Gasteiger partial charge in [0.25, 0.3) is 0 Å². The van der Waals surface area contributed by atoms with Crippen LogP contribution in [0.4, 0.5) is 0 Å². The maximum atomic E-state index is 5.08. The predicted octanol–water partition coefficient (Wildman–Crippen LogP) is 1.17. The normalized spacial score (nSPS) is 10.5. The summed E-state index contributed by atoms with van der Waals surface area (Å²) in [4.78, 5) is 0. The Hall–Kier alpha value is -1.02. The third kappa shape index (κ3) is 3.47. The summed E-state index contributed by atoms with van der Waals surface area (Å²) in [5.41, 5.74) is 1.34. The van der Waals surface area contributed by atoms with Crippen molar-refractivity contribution in [3.8, 4) is 5.75 Å². The van der Waals surface area contributed by atoms with Gasteiger partial charge in [-0.05, 0) is 38.1 Å². The summed E-state index contributed by atoms with van der Waals surface area (Å²) in [5.74, 6) is 0.924. The van der Waals surface area contributed by atoms with E-state index in [2.05, 4.69) is 31.3 Å². The molecule has 0 radical (unpaired) electrons. The molecule has 0 saturated heterocycles. The lowest BCUT2D eigenvalue weighted by atomic mass is 10.2. The van der Waals surface area contributed by atoms with Crippen LogP contribution in [0.25, 0.3) is 0 Å². The molecule has 0 aliphatic carbocycles. The molecule has 0 fully saturated rings. The monoisotopic (exact) mass is 180 g/mol. The third-order valence-corrected chi connectivity index (χ3v) is 1.98. The van der Waals surface area contributed by atoms with Gasteiger partial charge in [-0.25, -0.2) is 0 Å². The van der Waals surface area contributed by atoms with Crippen LogP contribution in [0, 0.1) is 0 Å². The van der Waals surface area contributed by atoms with Gasteiger partial charge in [0, 0.05) is 5.56 Å². The highest BCUT2D eigenvalue weighted by Gasteiger charge is 1.98. The molecule has 13 heavy (non-hydrogen) atoms. The van der Waals surface area contributed by atoms with Gasteiger partial charge in [-0.15, -0.1) is 0 Å². The van der Waals surface area contributed by atoms with E-state index in [0.29, 0.717) is 6.04 Å². The Morgan fingerprint density at radius 1 is 1.23 bits per heavy atom. The Bertz CT molecular complexity index is 241. The van der Waals surface area contributed by atoms with E-state index < -0.39 is 0 Å². The summed E-state index contributed by atoms with van der Waals surface area (Å²) >= 11 is 0. The zero-order chi connectivity index (χ0) is 9.68. The van der Waals surface area contributed by atoms with Gasteiger partial charge in [-0.1, -0.05) is 0 Å². The summed E-state index contributed by atoms with van der Waals surface area (Å²) in [6.45, 7) is 5.44. The molecule has 0 heterocycles. The second-order valence-electron chi connectivity index (χ2n) is 3.53. The molecule has 0 atom stereocenters. The number of methoxy groups -OCH3 is 1. The third-order valence-electron chi connectivity index (χ3n) is 1.98. The fourth-order valence-electron chi connectivity index (χ4n) is 1.13. The van der Waals surface area contributed by atoms with Gasteiger partial charge in [0.2, 0.25) is 0 Å². The van der Waals surface area contributed by atoms with Gasteiger partial charge in [0.15, 0.2) is 0 Å². The van der Waals surface area contributed by atoms with E-state index in [4.69, 9.17) is 4.74 Å². The summed E-state index contributed by atoms with van der Waals surface area (Å²) in [6.07, 6.45) is 0. The summed E-state index contributed by atoms with van der Waals surface area (Å²) in [7, 11) is 1.69. The molecule has 0 bridgehead atoms. The minimum atomic E-state index is 0.655. The molecule has 72 valence electrons. The fraction of sp³-hybridized carbons (Fsp3) is 0.455. The lowest BCUT2D eigenvalue weighted by Gasteiger charge is -2.05. The molecular formula is C11H18NO+. The van der Waals surface area contributed by atoms with Crippen molar-refractivity contribution >= 4 is 0 Å². The number of quaternary nitrogens is 1. The molecule has 0 amide bonds. The van der Waals surface area contributed by atoms with E-state index in [1.165, 1.54) is 5.56 Å². The van der Waals surface area contributed by atoms with Gasteiger partial charge in [-0.3, -0.25) is 0 Å². The van der Waals surface area contributed by atoms with Crippen molar-refractivity contribution in [1.82, 2.24) is 0 Å². The van der Waals surface area contributed by atoms with Gasteiger partial charge in [0.1, 0.15) is 12.3 Å². The van der Waals surface area contributed by atoms with E-state index in [-0.39, 0.29) is 0 Å². The van der Waals surface area contributed by atoms with E-state index in [9.17, 15) is 0 Å². The van der Waals surface area contributed by atoms with Crippen molar-refractivity contribution in [2.24, 2.45) is 0 Å². The van der Waals surface area contributed by atoms with Crippen LogP contribution in [0.5, 0.6) is 5.75 Å². The fourth-order valence-corrected chi connectivity index (χ4v) is 1.13. The topological polar surface area (TPSA) is 25.8 Å². The molecule has 0 saturated carbocycles. The average Bonchev–Trinajstić information content (AvgIpc) is 2.15. The maximum absolute atomic E-state index is 5.08. The zero-order valence-corrected chi connectivity index (χ0v) is 8.58. The number of hydrogen-bond donors (Lipinski definition) is 1. The minimum Gasteiger partial charge on any atom is -0.497 e. The van der Waals surface area contributed by atoms with Gasteiger partial charge >= 0.3 is 0 Å². The smallest absolute Gasteiger partial charge is 0.118 e. The Kier molecular flexibility index (Phi) is 3.77.